The van der Waals surface area contributed by atoms with Crippen molar-refractivity contribution in [3.63, 3.8) is 0 Å². The molecule has 0 saturated heterocycles. The van der Waals surface area contributed by atoms with E-state index in [1.165, 1.54) is 6.08 Å². The number of benzene rings is 1. The van der Waals surface area contributed by atoms with Crippen molar-refractivity contribution in [3.05, 3.63) is 38.8 Å². The summed E-state index contributed by atoms with van der Waals surface area (Å²) in [4.78, 5) is 0. The van der Waals surface area contributed by atoms with Gasteiger partial charge in [-0.2, -0.15) is 0 Å². The smallest absolute Gasteiger partial charge is 0.101 e. The first-order chi connectivity index (χ1) is 6.15. The lowest BCUT2D eigenvalue weighted by atomic mass is 10.2. The number of rotatable bonds is 2. The maximum atomic E-state index is 10.2. The molecule has 0 atom stereocenters. The van der Waals surface area contributed by atoms with Gasteiger partial charge in [0.15, 0.2) is 0 Å². The molecule has 0 bridgehead atoms. The van der Waals surface area contributed by atoms with Gasteiger partial charge in [0.2, 0.25) is 0 Å². The fraction of sp³-hybridized carbons (Fsp3) is 0.111. The van der Waals surface area contributed by atoms with Crippen LogP contribution in [0.2, 0.25) is 15.1 Å². The van der Waals surface area contributed by atoms with E-state index in [4.69, 9.17) is 34.8 Å². The maximum absolute atomic E-state index is 10.2. The number of hydrogen-bond acceptors (Lipinski definition) is 0. The average Bonchev–Trinajstić information content (AvgIpc) is 2.02. The van der Waals surface area contributed by atoms with Crippen LogP contribution in [0.1, 0.15) is 5.56 Å². The Hall–Kier alpha value is -0.210. The van der Waals surface area contributed by atoms with E-state index in [2.05, 4.69) is 0 Å². The van der Waals surface area contributed by atoms with E-state index in [1.807, 2.05) is 0 Å². The van der Waals surface area contributed by atoms with Crippen molar-refractivity contribution in [1.82, 2.24) is 0 Å². The molecule has 0 spiro atoms. The van der Waals surface area contributed by atoms with E-state index >= 15 is 0 Å². The third kappa shape index (κ3) is 2.89. The highest BCUT2D eigenvalue weighted by Crippen LogP contribution is 2.29. The summed E-state index contributed by atoms with van der Waals surface area (Å²) in [6, 6.07) is 3.17. The normalized spacial score (nSPS) is 11.1. The first-order valence-corrected chi connectivity index (χ1v) is 4.67. The molecule has 0 aromatic heterocycles. The van der Waals surface area contributed by atoms with Crippen LogP contribution in [-0.2, 0) is 5.11 Å². The van der Waals surface area contributed by atoms with E-state index in [-0.39, 0.29) is 6.61 Å². The number of halogens is 3. The quantitative estimate of drug-likeness (QED) is 0.737. The molecule has 0 saturated carbocycles. The van der Waals surface area contributed by atoms with Crippen molar-refractivity contribution in [1.29, 1.82) is 0 Å². The average molecular weight is 237 g/mol. The second kappa shape index (κ2) is 4.87. The van der Waals surface area contributed by atoms with Gasteiger partial charge in [-0.3, -0.25) is 0 Å². The van der Waals surface area contributed by atoms with Crippen LogP contribution in [0.25, 0.3) is 6.08 Å². The molecule has 0 heterocycles. The van der Waals surface area contributed by atoms with Crippen molar-refractivity contribution < 1.29 is 5.11 Å². The molecule has 0 aliphatic rings. The molecule has 0 aliphatic carbocycles. The minimum atomic E-state index is -0.296. The summed E-state index contributed by atoms with van der Waals surface area (Å²) in [6.07, 6.45) is 3.04. The lowest BCUT2D eigenvalue weighted by molar-refractivity contribution is 0.233. The zero-order valence-electron chi connectivity index (χ0n) is 6.56. The Morgan fingerprint density at radius 2 is 1.69 bits per heavy atom. The van der Waals surface area contributed by atoms with Gasteiger partial charge < -0.3 is 0 Å². The molecule has 0 unspecified atom stereocenters. The Kier molecular flexibility index (Phi) is 4.07. The van der Waals surface area contributed by atoms with Crippen LogP contribution in [-0.4, -0.2) is 6.61 Å². The lowest BCUT2D eigenvalue weighted by Crippen LogP contribution is -1.79. The van der Waals surface area contributed by atoms with Crippen LogP contribution < -0.4 is 0 Å². The SMILES string of the molecule is [O]C/C=C/c1c(Cl)cc(Cl)cc1Cl. The molecule has 1 rings (SSSR count). The van der Waals surface area contributed by atoms with Gasteiger partial charge in [0.05, 0.1) is 10.0 Å². The van der Waals surface area contributed by atoms with Gasteiger partial charge in [0.25, 0.3) is 0 Å². The Labute approximate surface area is 91.5 Å². The van der Waals surface area contributed by atoms with Crippen LogP contribution in [0.4, 0.5) is 0 Å². The predicted molar refractivity (Wildman–Crippen MR) is 56.1 cm³/mol. The van der Waals surface area contributed by atoms with Crippen LogP contribution in [0.3, 0.4) is 0 Å². The number of hydrogen-bond donors (Lipinski definition) is 0. The molecule has 0 aliphatic heterocycles. The molecule has 69 valence electrons. The van der Waals surface area contributed by atoms with Gasteiger partial charge in [-0.15, -0.1) is 0 Å². The largest absolute Gasteiger partial charge is 0.232 e. The van der Waals surface area contributed by atoms with Crippen LogP contribution in [0.15, 0.2) is 18.2 Å². The molecule has 0 N–H and O–H groups in total. The molecule has 1 radical (unpaired) electrons. The topological polar surface area (TPSA) is 19.9 Å². The minimum Gasteiger partial charge on any atom is -0.232 e. The molecule has 1 nitrogen and oxygen atoms in total. The minimum absolute atomic E-state index is 0.296. The van der Waals surface area contributed by atoms with Crippen molar-refractivity contribution in [3.8, 4) is 0 Å². The third-order valence-corrected chi connectivity index (χ3v) is 2.27. The summed E-state index contributed by atoms with van der Waals surface area (Å²) in [7, 11) is 0. The summed E-state index contributed by atoms with van der Waals surface area (Å²) >= 11 is 17.4. The van der Waals surface area contributed by atoms with Crippen LogP contribution >= 0.6 is 34.8 Å². The molecular weight excluding hydrogens is 230 g/mol. The highest BCUT2D eigenvalue weighted by atomic mass is 35.5. The Balaban J connectivity index is 3.13. The van der Waals surface area contributed by atoms with Crippen LogP contribution in [0.5, 0.6) is 0 Å². The van der Waals surface area contributed by atoms with Crippen molar-refractivity contribution >= 4 is 40.9 Å². The van der Waals surface area contributed by atoms with E-state index in [1.54, 1.807) is 18.2 Å². The molecule has 1 aromatic rings. The molecule has 13 heavy (non-hydrogen) atoms. The fourth-order valence-corrected chi connectivity index (χ4v) is 1.82. The first kappa shape index (κ1) is 10.9. The molecule has 0 fully saturated rings. The summed E-state index contributed by atoms with van der Waals surface area (Å²) in [6.45, 7) is -0.296. The highest BCUT2D eigenvalue weighted by molar-refractivity contribution is 6.40. The van der Waals surface area contributed by atoms with E-state index in [0.29, 0.717) is 20.6 Å². The Morgan fingerprint density at radius 1 is 1.15 bits per heavy atom. The Morgan fingerprint density at radius 3 is 2.15 bits per heavy atom. The molecular formula is C9H6Cl3O. The zero-order chi connectivity index (χ0) is 9.84. The van der Waals surface area contributed by atoms with Gasteiger partial charge in [0, 0.05) is 10.6 Å². The second-order valence-corrected chi connectivity index (χ2v) is 3.60. The molecule has 1 aromatic carbocycles. The monoisotopic (exact) mass is 235 g/mol. The van der Waals surface area contributed by atoms with Crippen molar-refractivity contribution in [2.24, 2.45) is 0 Å². The molecule has 4 heteroatoms. The maximum Gasteiger partial charge on any atom is 0.101 e. The van der Waals surface area contributed by atoms with Crippen molar-refractivity contribution in [2.45, 2.75) is 0 Å². The van der Waals surface area contributed by atoms with Crippen molar-refractivity contribution in [2.75, 3.05) is 6.61 Å². The van der Waals surface area contributed by atoms with Gasteiger partial charge in [-0.05, 0) is 12.1 Å². The summed E-state index contributed by atoms with van der Waals surface area (Å²) < 4.78 is 0. The van der Waals surface area contributed by atoms with Gasteiger partial charge >= 0.3 is 0 Å². The fourth-order valence-electron chi connectivity index (χ4n) is 0.879. The summed E-state index contributed by atoms with van der Waals surface area (Å²) in [5.74, 6) is 0. The zero-order valence-corrected chi connectivity index (χ0v) is 8.83. The standard InChI is InChI=1S/C9H6Cl3O/c10-6-4-8(11)7(2-1-3-13)9(12)5-6/h1-2,4-5H,3H2/b2-1+. The molecule has 0 amide bonds. The lowest BCUT2D eigenvalue weighted by Gasteiger charge is -2.01. The van der Waals surface area contributed by atoms with Gasteiger partial charge in [0.1, 0.15) is 6.61 Å². The first-order valence-electron chi connectivity index (χ1n) is 3.54. The second-order valence-electron chi connectivity index (χ2n) is 2.35. The van der Waals surface area contributed by atoms with E-state index in [9.17, 15) is 5.11 Å². The van der Waals surface area contributed by atoms with E-state index < -0.39 is 0 Å². The van der Waals surface area contributed by atoms with Gasteiger partial charge in [-0.25, -0.2) is 5.11 Å². The predicted octanol–water partition coefficient (Wildman–Crippen LogP) is 4.09. The van der Waals surface area contributed by atoms with E-state index in [0.717, 1.165) is 0 Å². The Bertz CT molecular complexity index is 311. The van der Waals surface area contributed by atoms with Gasteiger partial charge in [-0.1, -0.05) is 47.0 Å². The summed E-state index contributed by atoms with van der Waals surface area (Å²) in [5.41, 5.74) is 0.628. The third-order valence-electron chi connectivity index (χ3n) is 1.42. The highest BCUT2D eigenvalue weighted by Gasteiger charge is 2.03. The van der Waals surface area contributed by atoms with Crippen LogP contribution in [0, 0.1) is 0 Å². The summed E-state index contributed by atoms with van der Waals surface area (Å²) in [5, 5.41) is 11.6.